The fraction of sp³-hybridized carbons (Fsp3) is 0.538. The normalized spacial score (nSPS) is 21.9. The van der Waals surface area contributed by atoms with Gasteiger partial charge in [-0.3, -0.25) is 4.98 Å². The van der Waals surface area contributed by atoms with Gasteiger partial charge in [0.2, 0.25) is 0 Å². The lowest BCUT2D eigenvalue weighted by molar-refractivity contribution is -0.0223. The molecule has 5 nitrogen and oxygen atoms in total. The molecule has 0 saturated carbocycles. The summed E-state index contributed by atoms with van der Waals surface area (Å²) in [5, 5.41) is 2.32. The van der Waals surface area contributed by atoms with E-state index in [9.17, 15) is 13.6 Å². The van der Waals surface area contributed by atoms with Crippen molar-refractivity contribution in [3.63, 3.8) is 0 Å². The Labute approximate surface area is 129 Å². The molecule has 21 heavy (non-hydrogen) atoms. The second-order valence-corrected chi connectivity index (χ2v) is 5.82. The minimum atomic E-state index is -3.03. The molecule has 0 unspecified atom stereocenters. The molecule has 2 rings (SSSR count). The monoisotopic (exact) mass is 363 g/mol. The smallest absolute Gasteiger partial charge is 0.318 e. The molecular weight excluding hydrogens is 348 g/mol. The molecule has 2 heterocycles. The molecule has 116 valence electrons. The zero-order valence-corrected chi connectivity index (χ0v) is 13.2. The van der Waals surface area contributed by atoms with Gasteiger partial charge in [-0.2, -0.15) is 0 Å². The van der Waals surface area contributed by atoms with E-state index in [1.165, 1.54) is 4.90 Å². The van der Waals surface area contributed by atoms with Crippen molar-refractivity contribution in [2.45, 2.75) is 24.9 Å². The van der Waals surface area contributed by atoms with Crippen molar-refractivity contribution in [3.05, 3.63) is 28.5 Å². The number of halogens is 3. The van der Waals surface area contributed by atoms with Crippen LogP contribution in [-0.4, -0.2) is 48.1 Å². The van der Waals surface area contributed by atoms with Crippen LogP contribution in [0, 0.1) is 0 Å². The number of carbonyl (C=O) groups is 1. The maximum atomic E-state index is 13.4. The topological polar surface area (TPSA) is 54.5 Å². The van der Waals surface area contributed by atoms with Gasteiger partial charge >= 0.3 is 6.03 Å². The highest BCUT2D eigenvalue weighted by atomic mass is 79.9. The first kappa shape index (κ1) is 16.1. The average Bonchev–Trinajstić information content (AvgIpc) is 2.77. The Morgan fingerprint density at radius 2 is 2.38 bits per heavy atom. The van der Waals surface area contributed by atoms with Gasteiger partial charge in [0, 0.05) is 23.9 Å². The third-order valence-corrected chi connectivity index (χ3v) is 4.20. The first-order valence-electron chi connectivity index (χ1n) is 6.41. The Morgan fingerprint density at radius 3 is 2.95 bits per heavy atom. The van der Waals surface area contributed by atoms with Crippen LogP contribution in [-0.2, 0) is 4.74 Å². The molecule has 2 amide bonds. The Hall–Kier alpha value is -1.28. The van der Waals surface area contributed by atoms with Crippen molar-refractivity contribution >= 4 is 22.0 Å². The molecule has 0 radical (unpaired) electrons. The zero-order valence-electron chi connectivity index (χ0n) is 11.6. The number of hydrogen-bond donors (Lipinski definition) is 1. The van der Waals surface area contributed by atoms with Crippen molar-refractivity contribution in [1.82, 2.24) is 15.2 Å². The van der Waals surface area contributed by atoms with E-state index in [4.69, 9.17) is 4.74 Å². The summed E-state index contributed by atoms with van der Waals surface area (Å²) in [5.74, 6) is -3.03. The van der Waals surface area contributed by atoms with E-state index in [1.54, 1.807) is 25.5 Å². The highest BCUT2D eigenvalue weighted by molar-refractivity contribution is 9.10. The number of alkyl halides is 2. The standard InChI is InChI=1S/C13H16BrF2N3O2/c1-8(9-3-4-17-5-10(9)14)19(2)12(20)18-11-6-21-7-13(11,15)16/h3-5,8,11H,6-7H2,1-2H3,(H,18,20)/t8-,11+/m0/s1. The van der Waals surface area contributed by atoms with Gasteiger partial charge in [0.15, 0.2) is 0 Å². The van der Waals surface area contributed by atoms with E-state index < -0.39 is 24.6 Å². The first-order valence-corrected chi connectivity index (χ1v) is 7.20. The van der Waals surface area contributed by atoms with Crippen LogP contribution in [0.25, 0.3) is 0 Å². The van der Waals surface area contributed by atoms with Crippen LogP contribution in [0.4, 0.5) is 13.6 Å². The van der Waals surface area contributed by atoms with Crippen LogP contribution in [0.5, 0.6) is 0 Å². The summed E-state index contributed by atoms with van der Waals surface area (Å²) >= 11 is 3.36. The number of carbonyl (C=O) groups excluding carboxylic acids is 1. The second-order valence-electron chi connectivity index (χ2n) is 4.96. The zero-order chi connectivity index (χ0) is 15.6. The van der Waals surface area contributed by atoms with Crippen molar-refractivity contribution in [2.75, 3.05) is 20.3 Å². The predicted octanol–water partition coefficient (Wildman–Crippen LogP) is 2.58. The highest BCUT2D eigenvalue weighted by Crippen LogP contribution is 2.28. The number of rotatable bonds is 3. The molecule has 1 aliphatic rings. The second kappa shape index (κ2) is 6.23. The van der Waals surface area contributed by atoms with E-state index in [2.05, 4.69) is 26.2 Å². The van der Waals surface area contributed by atoms with Crippen molar-refractivity contribution < 1.29 is 18.3 Å². The van der Waals surface area contributed by atoms with Gasteiger partial charge in [-0.05, 0) is 34.5 Å². The minimum Gasteiger partial charge on any atom is -0.373 e. The molecule has 0 aliphatic carbocycles. The molecule has 0 aromatic carbocycles. The van der Waals surface area contributed by atoms with Gasteiger partial charge in [-0.15, -0.1) is 0 Å². The number of ether oxygens (including phenoxy) is 1. The number of aromatic nitrogens is 1. The summed E-state index contributed by atoms with van der Waals surface area (Å²) in [5.41, 5.74) is 0.845. The Bertz CT molecular complexity index is 530. The summed E-state index contributed by atoms with van der Waals surface area (Å²) < 4.78 is 32.4. The third kappa shape index (κ3) is 3.49. The molecule has 2 atom stereocenters. The predicted molar refractivity (Wildman–Crippen MR) is 76.2 cm³/mol. The van der Waals surface area contributed by atoms with Crippen LogP contribution in [0.2, 0.25) is 0 Å². The number of pyridine rings is 1. The van der Waals surface area contributed by atoms with E-state index in [0.717, 1.165) is 10.0 Å². The molecule has 1 aromatic rings. The van der Waals surface area contributed by atoms with Gasteiger partial charge in [0.1, 0.15) is 12.6 Å². The van der Waals surface area contributed by atoms with Crippen LogP contribution in [0.3, 0.4) is 0 Å². The lowest BCUT2D eigenvalue weighted by Crippen LogP contribution is -2.51. The molecule has 1 N–H and O–H groups in total. The number of nitrogens with zero attached hydrogens (tertiary/aromatic N) is 2. The minimum absolute atomic E-state index is 0.181. The largest absolute Gasteiger partial charge is 0.373 e. The fourth-order valence-corrected chi connectivity index (χ4v) is 2.62. The summed E-state index contributed by atoms with van der Waals surface area (Å²) in [4.78, 5) is 17.4. The lowest BCUT2D eigenvalue weighted by atomic mass is 10.1. The molecular formula is C13H16BrF2N3O2. The Balaban J connectivity index is 2.04. The summed E-state index contributed by atoms with van der Waals surface area (Å²) in [7, 11) is 1.56. The van der Waals surface area contributed by atoms with E-state index in [1.807, 2.05) is 6.92 Å². The lowest BCUT2D eigenvalue weighted by Gasteiger charge is -2.28. The summed E-state index contributed by atoms with van der Waals surface area (Å²) in [6.07, 6.45) is 3.23. The first-order chi connectivity index (χ1) is 9.83. The molecule has 0 spiro atoms. The highest BCUT2D eigenvalue weighted by Gasteiger charge is 2.46. The summed E-state index contributed by atoms with van der Waals surface area (Å²) in [6.45, 7) is 0.968. The van der Waals surface area contributed by atoms with Crippen LogP contribution in [0.1, 0.15) is 18.5 Å². The molecule has 1 saturated heterocycles. The maximum Gasteiger partial charge on any atom is 0.318 e. The molecule has 1 aliphatic heterocycles. The quantitative estimate of drug-likeness (QED) is 0.897. The fourth-order valence-electron chi connectivity index (χ4n) is 2.04. The van der Waals surface area contributed by atoms with Crippen molar-refractivity contribution in [2.24, 2.45) is 0 Å². The molecule has 1 fully saturated rings. The van der Waals surface area contributed by atoms with E-state index in [-0.39, 0.29) is 12.6 Å². The van der Waals surface area contributed by atoms with Gasteiger partial charge < -0.3 is 15.0 Å². The Morgan fingerprint density at radius 1 is 1.67 bits per heavy atom. The summed E-state index contributed by atoms with van der Waals surface area (Å²) in [6, 6.07) is -0.383. The number of nitrogens with one attached hydrogen (secondary N) is 1. The third-order valence-electron chi connectivity index (χ3n) is 3.54. The van der Waals surface area contributed by atoms with Crippen molar-refractivity contribution in [1.29, 1.82) is 0 Å². The molecule has 0 bridgehead atoms. The SMILES string of the molecule is C[C@@H](c1ccncc1Br)N(C)C(=O)N[C@@H]1COCC1(F)F. The molecule has 8 heteroatoms. The van der Waals surface area contributed by atoms with Gasteiger partial charge in [-0.25, -0.2) is 13.6 Å². The number of amides is 2. The van der Waals surface area contributed by atoms with Crippen LogP contribution >= 0.6 is 15.9 Å². The van der Waals surface area contributed by atoms with E-state index in [0.29, 0.717) is 0 Å². The Kier molecular flexibility index (Phi) is 4.77. The van der Waals surface area contributed by atoms with Gasteiger partial charge in [0.05, 0.1) is 12.6 Å². The van der Waals surface area contributed by atoms with Crippen molar-refractivity contribution in [3.8, 4) is 0 Å². The number of hydrogen-bond acceptors (Lipinski definition) is 3. The van der Waals surface area contributed by atoms with Gasteiger partial charge in [0.25, 0.3) is 5.92 Å². The van der Waals surface area contributed by atoms with Crippen LogP contribution < -0.4 is 5.32 Å². The van der Waals surface area contributed by atoms with Gasteiger partial charge in [-0.1, -0.05) is 0 Å². The number of urea groups is 1. The van der Waals surface area contributed by atoms with Crippen LogP contribution in [0.15, 0.2) is 22.9 Å². The average molecular weight is 364 g/mol. The van der Waals surface area contributed by atoms with E-state index >= 15 is 0 Å². The molecule has 1 aromatic heterocycles. The maximum absolute atomic E-state index is 13.4.